The number of oxazole rings is 1. The van der Waals surface area contributed by atoms with Gasteiger partial charge in [0.1, 0.15) is 29.4 Å². The monoisotopic (exact) mass is 359 g/mol. The Kier molecular flexibility index (Phi) is 4.34. The number of carbonyl (C=O) groups excluding carboxylic acids is 1. The van der Waals surface area contributed by atoms with Gasteiger partial charge in [-0.15, -0.1) is 0 Å². The van der Waals surface area contributed by atoms with Gasteiger partial charge in [0, 0.05) is 5.56 Å². The van der Waals surface area contributed by atoms with E-state index in [0.717, 1.165) is 16.3 Å². The van der Waals surface area contributed by atoms with Gasteiger partial charge in [-0.25, -0.2) is 9.78 Å². The maximum atomic E-state index is 12.4. The van der Waals surface area contributed by atoms with Crippen molar-refractivity contribution >= 4 is 16.7 Å². The zero-order chi connectivity index (χ0) is 18.8. The molecule has 0 saturated carbocycles. The van der Waals surface area contributed by atoms with Gasteiger partial charge in [0.25, 0.3) is 0 Å². The van der Waals surface area contributed by atoms with Crippen molar-refractivity contribution in [2.45, 2.75) is 13.5 Å². The predicted octanol–water partition coefficient (Wildman–Crippen LogP) is 4.87. The Morgan fingerprint density at radius 1 is 1.04 bits per heavy atom. The highest BCUT2D eigenvalue weighted by Gasteiger charge is 2.17. The molecule has 27 heavy (non-hydrogen) atoms. The fraction of sp³-hybridized carbons (Fsp3) is 0.0909. The van der Waals surface area contributed by atoms with E-state index in [-0.39, 0.29) is 17.9 Å². The Bertz CT molecular complexity index is 1120. The first kappa shape index (κ1) is 16.8. The van der Waals surface area contributed by atoms with Crippen LogP contribution in [0.25, 0.3) is 22.2 Å². The van der Waals surface area contributed by atoms with Crippen LogP contribution in [0, 0.1) is 6.92 Å². The highest BCUT2D eigenvalue weighted by Crippen LogP contribution is 2.26. The molecule has 0 aliphatic rings. The van der Waals surface area contributed by atoms with E-state index in [1.807, 2.05) is 54.6 Å². The molecule has 0 aliphatic carbocycles. The van der Waals surface area contributed by atoms with Gasteiger partial charge in [0.2, 0.25) is 5.89 Å². The van der Waals surface area contributed by atoms with E-state index in [9.17, 15) is 9.90 Å². The molecule has 3 aromatic carbocycles. The van der Waals surface area contributed by atoms with Gasteiger partial charge in [0.15, 0.2) is 0 Å². The normalized spacial score (nSPS) is 10.9. The van der Waals surface area contributed by atoms with E-state index in [4.69, 9.17) is 9.15 Å². The van der Waals surface area contributed by atoms with Crippen molar-refractivity contribution < 1.29 is 19.1 Å². The summed E-state index contributed by atoms with van der Waals surface area (Å²) in [6.07, 6.45) is 0. The summed E-state index contributed by atoms with van der Waals surface area (Å²) in [5, 5.41) is 11.9. The van der Waals surface area contributed by atoms with Crippen LogP contribution in [-0.4, -0.2) is 16.1 Å². The number of aromatic hydroxyl groups is 1. The smallest absolute Gasteiger partial charge is 0.342 e. The van der Waals surface area contributed by atoms with Crippen LogP contribution in [0.3, 0.4) is 0 Å². The fourth-order valence-electron chi connectivity index (χ4n) is 2.87. The van der Waals surface area contributed by atoms with Crippen molar-refractivity contribution in [2.24, 2.45) is 0 Å². The molecule has 1 N–H and O–H groups in total. The lowest BCUT2D eigenvalue weighted by molar-refractivity contribution is 0.0464. The van der Waals surface area contributed by atoms with Crippen LogP contribution in [0.1, 0.15) is 21.8 Å². The number of phenolic OH excluding ortho intramolecular Hbond substituents is 1. The highest BCUT2D eigenvalue weighted by atomic mass is 16.5. The second-order valence-electron chi connectivity index (χ2n) is 6.18. The zero-order valence-corrected chi connectivity index (χ0v) is 14.7. The maximum Gasteiger partial charge on any atom is 0.342 e. The molecule has 0 atom stereocenters. The zero-order valence-electron chi connectivity index (χ0n) is 14.7. The number of rotatable bonds is 4. The molecular weight excluding hydrogens is 342 g/mol. The van der Waals surface area contributed by atoms with Gasteiger partial charge < -0.3 is 14.3 Å². The molecule has 5 nitrogen and oxygen atoms in total. The first-order chi connectivity index (χ1) is 13.1. The minimum absolute atomic E-state index is 0.0345. The Labute approximate surface area is 155 Å². The third kappa shape index (κ3) is 3.40. The lowest BCUT2D eigenvalue weighted by atomic mass is 10.1. The Morgan fingerprint density at radius 2 is 1.70 bits per heavy atom. The van der Waals surface area contributed by atoms with Crippen LogP contribution in [0.5, 0.6) is 5.75 Å². The van der Waals surface area contributed by atoms with Crippen molar-refractivity contribution in [3.05, 3.63) is 83.7 Å². The van der Waals surface area contributed by atoms with Gasteiger partial charge in [-0.1, -0.05) is 42.5 Å². The Hall–Kier alpha value is -3.60. The van der Waals surface area contributed by atoms with E-state index in [1.54, 1.807) is 19.1 Å². The molecule has 0 amide bonds. The quantitative estimate of drug-likeness (QED) is 0.527. The molecule has 1 heterocycles. The number of nitrogens with zero attached hydrogens (tertiary/aromatic N) is 1. The van der Waals surface area contributed by atoms with E-state index in [0.29, 0.717) is 17.3 Å². The molecule has 0 radical (unpaired) electrons. The standard InChI is InChI=1S/C22H17NO4/c1-14-19(23-21(27-14)15-7-3-2-4-8-15)13-26-22(25)18-11-16-9-5-6-10-17(16)12-20(18)24/h2-12,24H,13H2,1H3. The third-order valence-electron chi connectivity index (χ3n) is 4.34. The average molecular weight is 359 g/mol. The topological polar surface area (TPSA) is 72.6 Å². The summed E-state index contributed by atoms with van der Waals surface area (Å²) >= 11 is 0. The summed E-state index contributed by atoms with van der Waals surface area (Å²) in [6.45, 7) is 1.74. The van der Waals surface area contributed by atoms with Crippen LogP contribution in [0.4, 0.5) is 0 Å². The van der Waals surface area contributed by atoms with E-state index < -0.39 is 5.97 Å². The van der Waals surface area contributed by atoms with Crippen LogP contribution in [-0.2, 0) is 11.3 Å². The number of esters is 1. The van der Waals surface area contributed by atoms with Crippen molar-refractivity contribution in [1.82, 2.24) is 4.98 Å². The minimum atomic E-state index is -0.609. The lowest BCUT2D eigenvalue weighted by Crippen LogP contribution is -2.06. The van der Waals surface area contributed by atoms with Crippen molar-refractivity contribution in [1.29, 1.82) is 0 Å². The van der Waals surface area contributed by atoms with Gasteiger partial charge in [-0.2, -0.15) is 0 Å². The molecule has 5 heteroatoms. The molecule has 0 aliphatic heterocycles. The van der Waals surface area contributed by atoms with Crippen molar-refractivity contribution in [2.75, 3.05) is 0 Å². The lowest BCUT2D eigenvalue weighted by Gasteiger charge is -2.07. The summed E-state index contributed by atoms with van der Waals surface area (Å²) < 4.78 is 11.0. The first-order valence-electron chi connectivity index (χ1n) is 8.52. The molecule has 0 fully saturated rings. The van der Waals surface area contributed by atoms with E-state index in [1.165, 1.54) is 0 Å². The average Bonchev–Trinajstić information content (AvgIpc) is 3.07. The molecule has 0 spiro atoms. The largest absolute Gasteiger partial charge is 0.507 e. The summed E-state index contributed by atoms with van der Waals surface area (Å²) in [5.74, 6) is 0.347. The number of aryl methyl sites for hydroxylation is 1. The van der Waals surface area contributed by atoms with Crippen LogP contribution in [0.2, 0.25) is 0 Å². The number of phenols is 1. The molecule has 4 rings (SSSR count). The van der Waals surface area contributed by atoms with E-state index in [2.05, 4.69) is 4.98 Å². The summed E-state index contributed by atoms with van der Waals surface area (Å²) in [6, 6.07) is 20.2. The number of aromatic nitrogens is 1. The molecule has 4 aromatic rings. The van der Waals surface area contributed by atoms with Crippen LogP contribution < -0.4 is 0 Å². The van der Waals surface area contributed by atoms with Crippen LogP contribution in [0.15, 0.2) is 71.1 Å². The molecule has 0 unspecified atom stereocenters. The molecular formula is C22H17NO4. The van der Waals surface area contributed by atoms with Gasteiger partial charge in [0.05, 0.1) is 0 Å². The number of carbonyl (C=O) groups is 1. The summed E-state index contributed by atoms with van der Waals surface area (Å²) in [7, 11) is 0. The predicted molar refractivity (Wildman–Crippen MR) is 101 cm³/mol. The minimum Gasteiger partial charge on any atom is -0.507 e. The third-order valence-corrected chi connectivity index (χ3v) is 4.34. The Balaban J connectivity index is 1.53. The van der Waals surface area contributed by atoms with E-state index >= 15 is 0 Å². The summed E-state index contributed by atoms with van der Waals surface area (Å²) in [4.78, 5) is 16.8. The van der Waals surface area contributed by atoms with Crippen molar-refractivity contribution in [3.63, 3.8) is 0 Å². The number of hydrogen-bond acceptors (Lipinski definition) is 5. The number of fused-ring (bicyclic) bond motifs is 1. The molecule has 134 valence electrons. The summed E-state index contributed by atoms with van der Waals surface area (Å²) in [5.41, 5.74) is 1.52. The second-order valence-corrected chi connectivity index (χ2v) is 6.18. The van der Waals surface area contributed by atoms with Crippen LogP contribution >= 0.6 is 0 Å². The molecule has 0 saturated heterocycles. The second kappa shape index (κ2) is 6.96. The molecule has 0 bridgehead atoms. The first-order valence-corrected chi connectivity index (χ1v) is 8.52. The fourth-order valence-corrected chi connectivity index (χ4v) is 2.87. The van der Waals surface area contributed by atoms with Crippen molar-refractivity contribution in [3.8, 4) is 17.2 Å². The maximum absolute atomic E-state index is 12.4. The van der Waals surface area contributed by atoms with Gasteiger partial charge in [-0.3, -0.25) is 0 Å². The molecule has 1 aromatic heterocycles. The number of ether oxygens (including phenoxy) is 1. The number of benzene rings is 3. The van der Waals surface area contributed by atoms with Gasteiger partial charge in [-0.05, 0) is 42.0 Å². The van der Waals surface area contributed by atoms with Gasteiger partial charge >= 0.3 is 5.97 Å². The SMILES string of the molecule is Cc1oc(-c2ccccc2)nc1COC(=O)c1cc2ccccc2cc1O. The Morgan fingerprint density at radius 3 is 2.44 bits per heavy atom. The number of hydrogen-bond donors (Lipinski definition) is 1. The highest BCUT2D eigenvalue weighted by molar-refractivity contribution is 5.98.